The topological polar surface area (TPSA) is 183 Å². The standard InChI is InChI=1S/C22H34N6O7S/c1-20(2,3)33-17(31)22(7,8)35-28-14(16(30)26-13-11(9-23)24-15(13)29)12-10-36-18(25-12)27-19(32)34-21(4,5)6/h10-11,13H,9,23H2,1-8H3,(H,24,29)(H,26,30)(H,25,27,32)/b28-14-. The molecule has 3 amide bonds. The van der Waals surface area contributed by atoms with Crippen LogP contribution in [0, 0.1) is 0 Å². The molecule has 1 aromatic heterocycles. The molecule has 14 heteroatoms. The highest BCUT2D eigenvalue weighted by Crippen LogP contribution is 2.21. The van der Waals surface area contributed by atoms with Gasteiger partial charge in [0, 0.05) is 11.9 Å². The average molecular weight is 527 g/mol. The highest BCUT2D eigenvalue weighted by atomic mass is 32.1. The Morgan fingerprint density at radius 2 is 1.72 bits per heavy atom. The van der Waals surface area contributed by atoms with Gasteiger partial charge in [-0.3, -0.25) is 14.9 Å². The van der Waals surface area contributed by atoms with Crippen molar-refractivity contribution in [2.75, 3.05) is 11.9 Å². The Morgan fingerprint density at radius 1 is 1.11 bits per heavy atom. The van der Waals surface area contributed by atoms with E-state index in [-0.39, 0.29) is 23.1 Å². The molecule has 2 rings (SSSR count). The van der Waals surface area contributed by atoms with Crippen LogP contribution in [0.4, 0.5) is 9.93 Å². The minimum absolute atomic E-state index is 0.0348. The van der Waals surface area contributed by atoms with Crippen LogP contribution in [0.2, 0.25) is 0 Å². The molecule has 200 valence electrons. The predicted octanol–water partition coefficient (Wildman–Crippen LogP) is 1.27. The Balaban J connectivity index is 2.30. The Morgan fingerprint density at radius 3 is 2.25 bits per heavy atom. The smallest absolute Gasteiger partial charge is 0.413 e. The fourth-order valence-electron chi connectivity index (χ4n) is 2.65. The third kappa shape index (κ3) is 8.16. The minimum Gasteiger partial charge on any atom is -0.457 e. The first kappa shape index (κ1) is 29.0. The van der Waals surface area contributed by atoms with Gasteiger partial charge in [-0.15, -0.1) is 11.3 Å². The summed E-state index contributed by atoms with van der Waals surface area (Å²) in [6, 6.07) is -1.31. The zero-order valence-electron chi connectivity index (χ0n) is 21.7. The number of anilines is 1. The lowest BCUT2D eigenvalue weighted by molar-refractivity contribution is -0.179. The maximum atomic E-state index is 13.1. The number of rotatable bonds is 8. The predicted molar refractivity (Wildman–Crippen MR) is 132 cm³/mol. The molecule has 1 aliphatic rings. The van der Waals surface area contributed by atoms with Gasteiger partial charge in [0.2, 0.25) is 11.5 Å². The van der Waals surface area contributed by atoms with Gasteiger partial charge in [0.15, 0.2) is 10.8 Å². The molecular weight excluding hydrogens is 492 g/mol. The summed E-state index contributed by atoms with van der Waals surface area (Å²) in [4.78, 5) is 59.2. The van der Waals surface area contributed by atoms with Gasteiger partial charge in [-0.2, -0.15) is 0 Å². The molecule has 1 saturated heterocycles. The number of nitrogens with one attached hydrogen (secondary N) is 3. The summed E-state index contributed by atoms with van der Waals surface area (Å²) in [7, 11) is 0. The lowest BCUT2D eigenvalue weighted by Gasteiger charge is -2.36. The molecule has 0 spiro atoms. The fourth-order valence-corrected chi connectivity index (χ4v) is 3.33. The van der Waals surface area contributed by atoms with E-state index in [2.05, 4.69) is 26.1 Å². The number of aromatic nitrogens is 1. The van der Waals surface area contributed by atoms with E-state index in [1.165, 1.54) is 19.2 Å². The number of hydrogen-bond acceptors (Lipinski definition) is 11. The maximum absolute atomic E-state index is 13.1. The Hall–Kier alpha value is -3.26. The van der Waals surface area contributed by atoms with E-state index in [0.717, 1.165) is 11.3 Å². The van der Waals surface area contributed by atoms with Crippen molar-refractivity contribution >= 4 is 46.1 Å². The Bertz CT molecular complexity index is 1040. The van der Waals surface area contributed by atoms with Crippen molar-refractivity contribution in [1.29, 1.82) is 0 Å². The zero-order chi connectivity index (χ0) is 27.5. The summed E-state index contributed by atoms with van der Waals surface area (Å²) < 4.78 is 10.5. The number of carbonyl (C=O) groups excluding carboxylic acids is 4. The Labute approximate surface area is 213 Å². The highest BCUT2D eigenvalue weighted by Gasteiger charge is 2.41. The van der Waals surface area contributed by atoms with Crippen molar-refractivity contribution in [3.8, 4) is 0 Å². The lowest BCUT2D eigenvalue weighted by Crippen LogP contribution is -2.71. The van der Waals surface area contributed by atoms with Crippen LogP contribution in [0.3, 0.4) is 0 Å². The number of β-lactam (4-membered cyclic amide) rings is 1. The molecule has 1 fully saturated rings. The summed E-state index contributed by atoms with van der Waals surface area (Å²) in [5.74, 6) is -1.90. The van der Waals surface area contributed by atoms with Crippen molar-refractivity contribution in [2.45, 2.75) is 84.3 Å². The molecular formula is C22H34N6O7S. The van der Waals surface area contributed by atoms with Crippen LogP contribution in [0.5, 0.6) is 0 Å². The molecule has 1 aliphatic heterocycles. The van der Waals surface area contributed by atoms with Gasteiger partial charge >= 0.3 is 12.1 Å². The van der Waals surface area contributed by atoms with E-state index in [1.807, 2.05) is 0 Å². The van der Waals surface area contributed by atoms with E-state index >= 15 is 0 Å². The normalized spacial score (nSPS) is 18.5. The molecule has 2 heterocycles. The summed E-state index contributed by atoms with van der Waals surface area (Å²) in [5, 5.41) is 13.1. The number of amides is 3. The van der Waals surface area contributed by atoms with Crippen molar-refractivity contribution in [2.24, 2.45) is 10.9 Å². The minimum atomic E-state index is -1.56. The van der Waals surface area contributed by atoms with E-state index < -0.39 is 52.8 Å². The van der Waals surface area contributed by atoms with Crippen LogP contribution in [0.15, 0.2) is 10.5 Å². The van der Waals surface area contributed by atoms with Crippen LogP contribution < -0.4 is 21.7 Å². The van der Waals surface area contributed by atoms with Crippen molar-refractivity contribution in [3.05, 3.63) is 11.1 Å². The number of esters is 1. The van der Waals surface area contributed by atoms with Gasteiger partial charge in [0.05, 0.1) is 6.04 Å². The number of nitrogens with zero attached hydrogens (tertiary/aromatic N) is 2. The average Bonchev–Trinajstić information content (AvgIpc) is 3.15. The van der Waals surface area contributed by atoms with Crippen LogP contribution in [-0.4, -0.2) is 70.0 Å². The van der Waals surface area contributed by atoms with Gasteiger partial charge in [-0.1, -0.05) is 5.16 Å². The SMILES string of the molecule is CC(C)(C)OC(=O)Nc1nc(/C(=N/OC(C)(C)C(=O)OC(C)(C)C)C(=O)NC2C(=O)NC2CN)cs1. The van der Waals surface area contributed by atoms with Crippen molar-refractivity contribution < 1.29 is 33.5 Å². The van der Waals surface area contributed by atoms with Gasteiger partial charge in [-0.05, 0) is 55.4 Å². The van der Waals surface area contributed by atoms with Crippen LogP contribution in [-0.2, 0) is 28.7 Å². The summed E-state index contributed by atoms with van der Waals surface area (Å²) >= 11 is 1.01. The number of nitrogens with two attached hydrogens (primary N) is 1. The molecule has 0 bridgehead atoms. The molecule has 36 heavy (non-hydrogen) atoms. The number of oxime groups is 1. The van der Waals surface area contributed by atoms with Gasteiger partial charge < -0.3 is 30.7 Å². The lowest BCUT2D eigenvalue weighted by atomic mass is 9.99. The second-order valence-electron chi connectivity index (χ2n) is 10.5. The van der Waals surface area contributed by atoms with E-state index in [1.54, 1.807) is 41.5 Å². The maximum Gasteiger partial charge on any atom is 0.413 e. The number of carbonyl (C=O) groups is 4. The zero-order valence-corrected chi connectivity index (χ0v) is 22.5. The molecule has 0 radical (unpaired) electrons. The van der Waals surface area contributed by atoms with Gasteiger partial charge in [-0.25, -0.2) is 14.6 Å². The van der Waals surface area contributed by atoms with Crippen LogP contribution in [0.1, 0.15) is 61.1 Å². The first-order valence-corrected chi connectivity index (χ1v) is 12.1. The summed E-state index contributed by atoms with van der Waals surface area (Å²) in [6.45, 7) is 13.2. The second kappa shape index (κ2) is 10.8. The quantitative estimate of drug-likeness (QED) is 0.168. The van der Waals surface area contributed by atoms with Gasteiger partial charge in [0.25, 0.3) is 5.91 Å². The third-order valence-electron chi connectivity index (χ3n) is 4.38. The third-order valence-corrected chi connectivity index (χ3v) is 5.14. The molecule has 0 saturated carbocycles. The largest absolute Gasteiger partial charge is 0.457 e. The molecule has 5 N–H and O–H groups in total. The van der Waals surface area contributed by atoms with E-state index in [0.29, 0.717) is 0 Å². The van der Waals surface area contributed by atoms with Crippen molar-refractivity contribution in [1.82, 2.24) is 15.6 Å². The van der Waals surface area contributed by atoms with E-state index in [4.69, 9.17) is 20.0 Å². The van der Waals surface area contributed by atoms with Crippen LogP contribution >= 0.6 is 11.3 Å². The second-order valence-corrected chi connectivity index (χ2v) is 11.4. The molecule has 2 atom stereocenters. The monoisotopic (exact) mass is 526 g/mol. The highest BCUT2D eigenvalue weighted by molar-refractivity contribution is 7.14. The summed E-state index contributed by atoms with van der Waals surface area (Å²) in [6.07, 6.45) is -0.731. The number of hydrogen-bond donors (Lipinski definition) is 4. The molecule has 2 unspecified atom stereocenters. The molecule has 0 aromatic carbocycles. The number of thiazole rings is 1. The van der Waals surface area contributed by atoms with Crippen molar-refractivity contribution in [3.63, 3.8) is 0 Å². The summed E-state index contributed by atoms with van der Waals surface area (Å²) in [5.41, 5.74) is 2.27. The van der Waals surface area contributed by atoms with Gasteiger partial charge in [0.1, 0.15) is 22.9 Å². The first-order chi connectivity index (χ1) is 16.4. The number of ether oxygens (including phenoxy) is 2. The molecule has 0 aliphatic carbocycles. The fraction of sp³-hybridized carbons (Fsp3) is 0.636. The molecule has 13 nitrogen and oxygen atoms in total. The first-order valence-electron chi connectivity index (χ1n) is 11.2. The van der Waals surface area contributed by atoms with Crippen LogP contribution in [0.25, 0.3) is 0 Å². The van der Waals surface area contributed by atoms with E-state index in [9.17, 15) is 19.2 Å². The Kier molecular flexibility index (Phi) is 8.68. The molecule has 1 aromatic rings.